The summed E-state index contributed by atoms with van der Waals surface area (Å²) in [6.07, 6.45) is 4.02. The van der Waals surface area contributed by atoms with Gasteiger partial charge in [-0.1, -0.05) is 20.8 Å². The third-order valence-corrected chi connectivity index (χ3v) is 4.32. The van der Waals surface area contributed by atoms with Crippen LogP contribution in [0.4, 0.5) is 0 Å². The smallest absolute Gasteiger partial charge is 0.0125 e. The van der Waals surface area contributed by atoms with Crippen LogP contribution in [-0.2, 0) is 0 Å². The third kappa shape index (κ3) is 1.96. The summed E-state index contributed by atoms with van der Waals surface area (Å²) in [4.78, 5) is 0. The molecule has 0 amide bonds. The van der Waals surface area contributed by atoms with E-state index in [-0.39, 0.29) is 0 Å². The first kappa shape index (κ1) is 10.4. The summed E-state index contributed by atoms with van der Waals surface area (Å²) in [5.74, 6) is 0. The lowest BCUT2D eigenvalue weighted by molar-refractivity contribution is 0.285. The summed E-state index contributed by atoms with van der Waals surface area (Å²) in [6.45, 7) is 10.7. The van der Waals surface area contributed by atoms with Crippen molar-refractivity contribution < 1.29 is 0 Å². The van der Waals surface area contributed by atoms with Crippen LogP contribution in [0, 0.1) is 10.8 Å². The Kier molecular flexibility index (Phi) is 2.61. The molecule has 1 heterocycles. The average molecular weight is 196 g/mol. The summed E-state index contributed by atoms with van der Waals surface area (Å²) in [5, 5.41) is 7.23. The molecule has 0 bridgehead atoms. The Balaban J connectivity index is 1.79. The maximum Gasteiger partial charge on any atom is 0.0125 e. The lowest BCUT2D eigenvalue weighted by Crippen LogP contribution is -2.37. The zero-order chi connectivity index (χ0) is 10.2. The Morgan fingerprint density at radius 3 is 2.57 bits per heavy atom. The first-order chi connectivity index (χ1) is 6.58. The monoisotopic (exact) mass is 196 g/mol. The first-order valence-electron chi connectivity index (χ1n) is 6.02. The molecule has 2 atom stereocenters. The highest BCUT2D eigenvalue weighted by Gasteiger charge is 2.46. The Morgan fingerprint density at radius 2 is 2.14 bits per heavy atom. The van der Waals surface area contributed by atoms with E-state index in [0.29, 0.717) is 10.8 Å². The van der Waals surface area contributed by atoms with Crippen molar-refractivity contribution >= 4 is 0 Å². The normalized spacial score (nSPS) is 40.1. The van der Waals surface area contributed by atoms with Gasteiger partial charge in [0, 0.05) is 19.1 Å². The molecular formula is C12H24N2. The fourth-order valence-corrected chi connectivity index (χ4v) is 2.53. The predicted molar refractivity (Wildman–Crippen MR) is 60.4 cm³/mol. The van der Waals surface area contributed by atoms with E-state index in [2.05, 4.69) is 31.4 Å². The third-order valence-electron chi connectivity index (χ3n) is 4.32. The van der Waals surface area contributed by atoms with Crippen molar-refractivity contribution in [2.24, 2.45) is 10.8 Å². The standard InChI is InChI=1S/C12H24N2/c1-4-12(5-6-13-8-12)9-14-10-7-11(10,2)3/h10,13-14H,4-9H2,1-3H3. The van der Waals surface area contributed by atoms with E-state index in [1.165, 1.54) is 38.9 Å². The minimum Gasteiger partial charge on any atom is -0.316 e. The van der Waals surface area contributed by atoms with E-state index in [0.717, 1.165) is 6.04 Å². The van der Waals surface area contributed by atoms with Crippen LogP contribution in [0.5, 0.6) is 0 Å². The molecule has 1 aliphatic carbocycles. The summed E-state index contributed by atoms with van der Waals surface area (Å²) >= 11 is 0. The first-order valence-corrected chi connectivity index (χ1v) is 6.02. The minimum atomic E-state index is 0.554. The Morgan fingerprint density at radius 1 is 1.43 bits per heavy atom. The molecule has 0 radical (unpaired) electrons. The van der Waals surface area contributed by atoms with Crippen molar-refractivity contribution in [3.05, 3.63) is 0 Å². The maximum absolute atomic E-state index is 3.74. The quantitative estimate of drug-likeness (QED) is 0.716. The average Bonchev–Trinajstić information content (AvgIpc) is 2.63. The van der Waals surface area contributed by atoms with Crippen molar-refractivity contribution in [3.63, 3.8) is 0 Å². The molecular weight excluding hydrogens is 172 g/mol. The van der Waals surface area contributed by atoms with E-state index in [4.69, 9.17) is 0 Å². The summed E-state index contributed by atoms with van der Waals surface area (Å²) < 4.78 is 0. The molecule has 2 fully saturated rings. The van der Waals surface area contributed by atoms with Gasteiger partial charge in [-0.25, -0.2) is 0 Å². The fraction of sp³-hybridized carbons (Fsp3) is 1.00. The van der Waals surface area contributed by atoms with Gasteiger partial charge in [-0.2, -0.15) is 0 Å². The van der Waals surface area contributed by atoms with E-state index in [1.807, 2.05) is 0 Å². The molecule has 2 nitrogen and oxygen atoms in total. The summed E-state index contributed by atoms with van der Waals surface area (Å²) in [5.41, 5.74) is 1.12. The van der Waals surface area contributed by atoms with Gasteiger partial charge in [0.25, 0.3) is 0 Å². The Labute approximate surface area is 87.8 Å². The Hall–Kier alpha value is -0.0800. The van der Waals surface area contributed by atoms with E-state index < -0.39 is 0 Å². The van der Waals surface area contributed by atoms with Gasteiger partial charge in [-0.05, 0) is 36.6 Å². The van der Waals surface area contributed by atoms with Crippen molar-refractivity contribution in [3.8, 4) is 0 Å². The summed E-state index contributed by atoms with van der Waals surface area (Å²) in [6, 6.07) is 0.784. The molecule has 0 aromatic carbocycles. The molecule has 2 aliphatic rings. The van der Waals surface area contributed by atoms with Crippen LogP contribution >= 0.6 is 0 Å². The van der Waals surface area contributed by atoms with Crippen molar-refractivity contribution in [2.75, 3.05) is 19.6 Å². The van der Waals surface area contributed by atoms with Crippen LogP contribution in [0.15, 0.2) is 0 Å². The molecule has 0 spiro atoms. The van der Waals surface area contributed by atoms with Crippen LogP contribution in [-0.4, -0.2) is 25.7 Å². The zero-order valence-corrected chi connectivity index (χ0v) is 9.82. The molecule has 0 aromatic rings. The number of hydrogen-bond donors (Lipinski definition) is 2. The summed E-state index contributed by atoms with van der Waals surface area (Å²) in [7, 11) is 0. The molecule has 1 aliphatic heterocycles. The maximum atomic E-state index is 3.74. The van der Waals surface area contributed by atoms with Gasteiger partial charge in [0.05, 0.1) is 0 Å². The van der Waals surface area contributed by atoms with Crippen molar-refractivity contribution in [1.82, 2.24) is 10.6 Å². The second-order valence-electron chi connectivity index (χ2n) is 5.91. The van der Waals surface area contributed by atoms with Crippen molar-refractivity contribution in [2.45, 2.75) is 46.1 Å². The van der Waals surface area contributed by atoms with Gasteiger partial charge in [-0.3, -0.25) is 0 Å². The largest absolute Gasteiger partial charge is 0.316 e. The van der Waals surface area contributed by atoms with Crippen molar-refractivity contribution in [1.29, 1.82) is 0 Å². The fourth-order valence-electron chi connectivity index (χ4n) is 2.53. The number of rotatable bonds is 4. The minimum absolute atomic E-state index is 0.554. The highest BCUT2D eigenvalue weighted by molar-refractivity contribution is 5.03. The van der Waals surface area contributed by atoms with E-state index in [1.54, 1.807) is 0 Å². The molecule has 2 heteroatoms. The van der Waals surface area contributed by atoms with Gasteiger partial charge in [-0.15, -0.1) is 0 Å². The van der Waals surface area contributed by atoms with Gasteiger partial charge >= 0.3 is 0 Å². The number of hydrogen-bond acceptors (Lipinski definition) is 2. The van der Waals surface area contributed by atoms with Gasteiger partial charge in [0.1, 0.15) is 0 Å². The van der Waals surface area contributed by atoms with Gasteiger partial charge in [0.2, 0.25) is 0 Å². The lowest BCUT2D eigenvalue weighted by Gasteiger charge is -2.27. The van der Waals surface area contributed by atoms with Crippen LogP contribution in [0.3, 0.4) is 0 Å². The molecule has 1 saturated heterocycles. The lowest BCUT2D eigenvalue weighted by atomic mass is 9.84. The molecule has 2 rings (SSSR count). The molecule has 14 heavy (non-hydrogen) atoms. The highest BCUT2D eigenvalue weighted by Crippen LogP contribution is 2.45. The molecule has 1 saturated carbocycles. The topological polar surface area (TPSA) is 24.1 Å². The SMILES string of the molecule is CCC1(CNC2CC2(C)C)CCNC1. The molecule has 0 aromatic heterocycles. The van der Waals surface area contributed by atoms with E-state index >= 15 is 0 Å². The van der Waals surface area contributed by atoms with Gasteiger partial charge in [0.15, 0.2) is 0 Å². The van der Waals surface area contributed by atoms with Gasteiger partial charge < -0.3 is 10.6 Å². The second-order valence-corrected chi connectivity index (χ2v) is 5.91. The predicted octanol–water partition coefficient (Wildman–Crippen LogP) is 1.76. The van der Waals surface area contributed by atoms with Crippen LogP contribution in [0.25, 0.3) is 0 Å². The number of nitrogens with one attached hydrogen (secondary N) is 2. The molecule has 82 valence electrons. The highest BCUT2D eigenvalue weighted by atomic mass is 15.0. The molecule has 2 unspecified atom stereocenters. The second kappa shape index (κ2) is 3.49. The molecule has 2 N–H and O–H groups in total. The zero-order valence-electron chi connectivity index (χ0n) is 9.82. The van der Waals surface area contributed by atoms with Crippen LogP contribution < -0.4 is 10.6 Å². The van der Waals surface area contributed by atoms with Crippen LogP contribution in [0.1, 0.15) is 40.0 Å². The van der Waals surface area contributed by atoms with Crippen LogP contribution in [0.2, 0.25) is 0 Å². The van der Waals surface area contributed by atoms with E-state index in [9.17, 15) is 0 Å². The Bertz CT molecular complexity index is 204.